The zero-order valence-corrected chi connectivity index (χ0v) is 20.5. The van der Waals surface area contributed by atoms with Gasteiger partial charge in [-0.2, -0.15) is 13.2 Å². The number of pyridine rings is 1. The summed E-state index contributed by atoms with van der Waals surface area (Å²) in [6.07, 6.45) is -3.52. The molecule has 0 radical (unpaired) electrons. The van der Waals surface area contributed by atoms with Crippen molar-refractivity contribution in [3.63, 3.8) is 0 Å². The normalized spacial score (nSPS) is 18.6. The van der Waals surface area contributed by atoms with Crippen LogP contribution in [0.5, 0.6) is 11.5 Å². The summed E-state index contributed by atoms with van der Waals surface area (Å²) in [4.78, 5) is 29.1. The van der Waals surface area contributed by atoms with E-state index >= 15 is 0 Å². The van der Waals surface area contributed by atoms with Crippen LogP contribution in [0.4, 0.5) is 30.2 Å². The van der Waals surface area contributed by atoms with Gasteiger partial charge in [0.15, 0.2) is 0 Å². The Balaban J connectivity index is 1.51. The number of carboxylic acids is 1. The minimum absolute atomic E-state index is 0.0303. The molecule has 2 aromatic carbocycles. The summed E-state index contributed by atoms with van der Waals surface area (Å²) in [6, 6.07) is 11.9. The highest BCUT2D eigenvalue weighted by molar-refractivity contribution is 5.98. The molecule has 0 aliphatic carbocycles. The van der Waals surface area contributed by atoms with Crippen molar-refractivity contribution in [2.24, 2.45) is 5.92 Å². The fraction of sp³-hybridized carbons (Fsp3) is 0.296. The van der Waals surface area contributed by atoms with Gasteiger partial charge in [-0.05, 0) is 31.2 Å². The Morgan fingerprint density at radius 3 is 2.58 bits per heavy atom. The number of amides is 1. The average Bonchev–Trinajstić information content (AvgIpc) is 3.49. The first kappa shape index (κ1) is 25.4. The van der Waals surface area contributed by atoms with Gasteiger partial charge in [-0.1, -0.05) is 25.1 Å². The summed E-state index contributed by atoms with van der Waals surface area (Å²) in [5.41, 5.74) is 2.97. The second-order valence-corrected chi connectivity index (χ2v) is 9.30. The number of para-hydroxylation sites is 1. The lowest BCUT2D eigenvalue weighted by molar-refractivity contribution is -0.171. The fourth-order valence-electron chi connectivity index (χ4n) is 4.77. The minimum atomic E-state index is -5.15. The number of fused-ring (bicyclic) bond motifs is 2. The van der Waals surface area contributed by atoms with Gasteiger partial charge in [0.05, 0.1) is 36.1 Å². The molecule has 0 saturated carbocycles. The molecule has 2 aliphatic rings. The first-order valence-electron chi connectivity index (χ1n) is 11.9. The number of carbonyl (C=O) groups is 2. The van der Waals surface area contributed by atoms with Crippen LogP contribution in [0.1, 0.15) is 35.7 Å². The predicted molar refractivity (Wildman–Crippen MR) is 132 cm³/mol. The highest BCUT2D eigenvalue weighted by Crippen LogP contribution is 2.47. The summed E-state index contributed by atoms with van der Waals surface area (Å²) in [5, 5.41) is 12.5. The number of carboxylic acid groups (broad SMARTS) is 1. The summed E-state index contributed by atoms with van der Waals surface area (Å²) in [7, 11) is 0. The van der Waals surface area contributed by atoms with Gasteiger partial charge in [-0.15, -0.1) is 0 Å². The zero-order valence-electron chi connectivity index (χ0n) is 20.5. The van der Waals surface area contributed by atoms with Crippen molar-refractivity contribution in [3.8, 4) is 11.5 Å². The van der Waals surface area contributed by atoms with Gasteiger partial charge in [-0.3, -0.25) is 19.5 Å². The van der Waals surface area contributed by atoms with E-state index < -0.39 is 35.9 Å². The van der Waals surface area contributed by atoms with Crippen molar-refractivity contribution in [2.75, 3.05) is 23.4 Å². The molecule has 3 aromatic rings. The number of nitrogens with zero attached hydrogens (tertiary/aromatic N) is 2. The van der Waals surface area contributed by atoms with E-state index in [1.807, 2.05) is 19.1 Å². The Hall–Kier alpha value is -4.28. The number of ether oxygens (including phenoxy) is 2. The van der Waals surface area contributed by atoms with E-state index in [9.17, 15) is 27.9 Å². The predicted octanol–water partition coefficient (Wildman–Crippen LogP) is 5.36. The number of carbonyl (C=O) groups excluding carboxylic acids is 1. The third-order valence-electron chi connectivity index (χ3n) is 6.84. The standard InChI is InChI=1S/C27H24F3N3O5/c1-14-6-7-16(11-31-14)32-21-5-3-4-19-22(13-38-24(19)21)33(26(36)27(28,29)30)17-8-9-18-20(15(2)25(34)35)12-37-23(18)10-17/h3-11,15,20,22,32H,12-13H2,1-2H3,(H,34,35)/t15?,20-,22+/m0/s1. The van der Waals surface area contributed by atoms with Gasteiger partial charge in [0.25, 0.3) is 0 Å². The van der Waals surface area contributed by atoms with Crippen molar-refractivity contribution in [3.05, 3.63) is 71.5 Å². The van der Waals surface area contributed by atoms with E-state index in [4.69, 9.17) is 9.47 Å². The van der Waals surface area contributed by atoms with Crippen molar-refractivity contribution in [1.29, 1.82) is 0 Å². The number of benzene rings is 2. The van der Waals surface area contributed by atoms with Gasteiger partial charge in [0.2, 0.25) is 0 Å². The number of hydrogen-bond acceptors (Lipinski definition) is 6. The van der Waals surface area contributed by atoms with Gasteiger partial charge >= 0.3 is 18.1 Å². The average molecular weight is 527 g/mol. The quantitative estimate of drug-likeness (QED) is 0.445. The molecular formula is C27H24F3N3O5. The second-order valence-electron chi connectivity index (χ2n) is 9.30. The number of anilines is 3. The molecule has 11 heteroatoms. The van der Waals surface area contributed by atoms with Crippen LogP contribution in [0.2, 0.25) is 0 Å². The Kier molecular flexibility index (Phi) is 6.38. The molecule has 0 bridgehead atoms. The Bertz CT molecular complexity index is 1390. The molecule has 5 rings (SSSR count). The summed E-state index contributed by atoms with van der Waals surface area (Å²) in [6.45, 7) is 3.28. The third kappa shape index (κ3) is 4.59. The topological polar surface area (TPSA) is 101 Å². The molecule has 2 aliphatic heterocycles. The molecule has 0 spiro atoms. The number of rotatable bonds is 6. The number of hydrogen-bond donors (Lipinski definition) is 2. The number of aryl methyl sites for hydroxylation is 1. The summed E-state index contributed by atoms with van der Waals surface area (Å²) in [5.74, 6) is -3.67. The lowest BCUT2D eigenvalue weighted by atomic mass is 9.89. The number of halogens is 3. The molecule has 2 N–H and O–H groups in total. The fourth-order valence-corrected chi connectivity index (χ4v) is 4.77. The molecule has 0 saturated heterocycles. The molecule has 1 unspecified atom stereocenters. The van der Waals surface area contributed by atoms with Gasteiger partial charge < -0.3 is 19.9 Å². The minimum Gasteiger partial charge on any atom is -0.493 e. The van der Waals surface area contributed by atoms with Crippen molar-refractivity contribution in [2.45, 2.75) is 32.0 Å². The maximum atomic E-state index is 13.8. The van der Waals surface area contributed by atoms with E-state index in [-0.39, 0.29) is 24.7 Å². The maximum absolute atomic E-state index is 13.8. The summed E-state index contributed by atoms with van der Waals surface area (Å²) < 4.78 is 52.9. The van der Waals surface area contributed by atoms with Crippen LogP contribution in [-0.2, 0) is 9.59 Å². The highest BCUT2D eigenvalue weighted by atomic mass is 19.4. The van der Waals surface area contributed by atoms with Gasteiger partial charge in [0, 0.05) is 34.5 Å². The lowest BCUT2D eigenvalue weighted by Gasteiger charge is -2.29. The molecule has 0 fully saturated rings. The number of nitrogens with one attached hydrogen (secondary N) is 1. The third-order valence-corrected chi connectivity index (χ3v) is 6.84. The highest BCUT2D eigenvalue weighted by Gasteiger charge is 2.48. The zero-order chi connectivity index (χ0) is 27.2. The van der Waals surface area contributed by atoms with E-state index in [1.165, 1.54) is 18.2 Å². The molecule has 1 aromatic heterocycles. The molecule has 3 heterocycles. The van der Waals surface area contributed by atoms with Crippen molar-refractivity contribution >= 4 is 28.9 Å². The van der Waals surface area contributed by atoms with E-state index in [2.05, 4.69) is 10.3 Å². The Labute approximate surface area is 216 Å². The Morgan fingerprint density at radius 2 is 1.89 bits per heavy atom. The number of aliphatic carboxylic acids is 1. The first-order valence-corrected chi connectivity index (χ1v) is 11.9. The van der Waals surface area contributed by atoms with Gasteiger partial charge in [-0.25, -0.2) is 0 Å². The SMILES string of the molecule is Cc1ccc(Nc2cccc3c2OC[C@H]3N(C(=O)C(F)(F)F)c2ccc3c(c2)OC[C@H]3C(C)C(=O)O)cn1. The molecule has 3 atom stereocenters. The van der Waals surface area contributed by atoms with Gasteiger partial charge in [0.1, 0.15) is 18.1 Å². The van der Waals surface area contributed by atoms with Crippen molar-refractivity contribution < 1.29 is 37.3 Å². The summed E-state index contributed by atoms with van der Waals surface area (Å²) >= 11 is 0. The number of alkyl halides is 3. The molecule has 38 heavy (non-hydrogen) atoms. The lowest BCUT2D eigenvalue weighted by Crippen LogP contribution is -2.44. The maximum Gasteiger partial charge on any atom is 0.471 e. The largest absolute Gasteiger partial charge is 0.493 e. The smallest absolute Gasteiger partial charge is 0.471 e. The second kappa shape index (κ2) is 9.55. The van der Waals surface area contributed by atoms with E-state index in [1.54, 1.807) is 31.3 Å². The van der Waals surface area contributed by atoms with Crippen LogP contribution in [0, 0.1) is 12.8 Å². The molecule has 1 amide bonds. The van der Waals surface area contributed by atoms with Crippen LogP contribution >= 0.6 is 0 Å². The molecular weight excluding hydrogens is 503 g/mol. The van der Waals surface area contributed by atoms with Crippen LogP contribution in [0.15, 0.2) is 54.7 Å². The van der Waals surface area contributed by atoms with Crippen LogP contribution in [0.3, 0.4) is 0 Å². The molecule has 198 valence electrons. The van der Waals surface area contributed by atoms with E-state index in [0.29, 0.717) is 33.2 Å². The van der Waals surface area contributed by atoms with E-state index in [0.717, 1.165) is 5.69 Å². The van der Waals surface area contributed by atoms with Crippen molar-refractivity contribution in [1.82, 2.24) is 4.98 Å². The Morgan fingerprint density at radius 1 is 1.11 bits per heavy atom. The van der Waals surface area contributed by atoms with Crippen LogP contribution in [-0.4, -0.2) is 41.4 Å². The first-order chi connectivity index (χ1) is 18.0. The van der Waals surface area contributed by atoms with Crippen LogP contribution < -0.4 is 19.7 Å². The molecule has 8 nitrogen and oxygen atoms in total. The number of aromatic nitrogens is 1. The monoisotopic (exact) mass is 527 g/mol. The van der Waals surface area contributed by atoms with Crippen LogP contribution in [0.25, 0.3) is 0 Å².